The summed E-state index contributed by atoms with van der Waals surface area (Å²) >= 11 is 0. The van der Waals surface area contributed by atoms with Crippen LogP contribution in [0.25, 0.3) is 0 Å². The molecule has 1 aliphatic carbocycles. The second-order valence-corrected chi connectivity index (χ2v) is 7.11. The maximum absolute atomic E-state index is 11.9. The maximum Gasteiger partial charge on any atom is 0.310 e. The van der Waals surface area contributed by atoms with Gasteiger partial charge in [-0.3, -0.25) is 9.69 Å². The van der Waals surface area contributed by atoms with E-state index in [2.05, 4.69) is 24.1 Å². The molecular formula is C17H32N2O2. The van der Waals surface area contributed by atoms with Crippen LogP contribution in [0, 0.1) is 11.8 Å². The monoisotopic (exact) mass is 296 g/mol. The molecule has 0 amide bonds. The largest absolute Gasteiger partial charge is 0.469 e. The standard InChI is InChI=1S/C17H32N2O2/c1-13(2)19-11-15(17(20)21-3)9-16(12-19)18-10-14-7-5-4-6-8-14/h13-16,18H,4-12H2,1-3H3. The Balaban J connectivity index is 1.85. The molecule has 0 bridgehead atoms. The zero-order valence-electron chi connectivity index (χ0n) is 13.9. The molecular weight excluding hydrogens is 264 g/mol. The molecule has 1 saturated heterocycles. The predicted octanol–water partition coefficient (Wildman–Crippen LogP) is 2.43. The lowest BCUT2D eigenvalue weighted by atomic mass is 9.88. The minimum atomic E-state index is -0.0511. The van der Waals surface area contributed by atoms with E-state index in [1.165, 1.54) is 39.2 Å². The van der Waals surface area contributed by atoms with E-state index >= 15 is 0 Å². The third-order valence-electron chi connectivity index (χ3n) is 5.16. The van der Waals surface area contributed by atoms with E-state index in [1.54, 1.807) is 0 Å². The summed E-state index contributed by atoms with van der Waals surface area (Å²) in [5, 5.41) is 3.74. The predicted molar refractivity (Wildman–Crippen MR) is 85.2 cm³/mol. The molecule has 0 aromatic carbocycles. The van der Waals surface area contributed by atoms with Crippen molar-refractivity contribution in [1.82, 2.24) is 10.2 Å². The number of hydrogen-bond donors (Lipinski definition) is 1. The van der Waals surface area contributed by atoms with E-state index in [-0.39, 0.29) is 11.9 Å². The van der Waals surface area contributed by atoms with Crippen LogP contribution >= 0.6 is 0 Å². The van der Waals surface area contributed by atoms with Gasteiger partial charge in [-0.15, -0.1) is 0 Å². The van der Waals surface area contributed by atoms with Crippen molar-refractivity contribution in [3.8, 4) is 0 Å². The second-order valence-electron chi connectivity index (χ2n) is 7.11. The van der Waals surface area contributed by atoms with Gasteiger partial charge in [0.15, 0.2) is 0 Å². The zero-order valence-corrected chi connectivity index (χ0v) is 13.9. The Morgan fingerprint density at radius 1 is 1.24 bits per heavy atom. The Labute approximate surface area is 129 Å². The highest BCUT2D eigenvalue weighted by molar-refractivity contribution is 5.72. The van der Waals surface area contributed by atoms with Gasteiger partial charge >= 0.3 is 5.97 Å². The summed E-state index contributed by atoms with van der Waals surface area (Å²) in [5.74, 6) is 0.810. The lowest BCUT2D eigenvalue weighted by molar-refractivity contribution is -0.148. The normalized spacial score (nSPS) is 28.8. The van der Waals surface area contributed by atoms with Crippen molar-refractivity contribution in [3.05, 3.63) is 0 Å². The first-order chi connectivity index (χ1) is 10.1. The van der Waals surface area contributed by atoms with Crippen LogP contribution in [0.2, 0.25) is 0 Å². The molecule has 0 radical (unpaired) electrons. The Bertz CT molecular complexity index is 327. The number of likely N-dealkylation sites (tertiary alicyclic amines) is 1. The summed E-state index contributed by atoms with van der Waals surface area (Å²) in [5.41, 5.74) is 0. The quantitative estimate of drug-likeness (QED) is 0.791. The van der Waals surface area contributed by atoms with E-state index in [9.17, 15) is 4.79 Å². The molecule has 4 heteroatoms. The van der Waals surface area contributed by atoms with Crippen molar-refractivity contribution in [1.29, 1.82) is 0 Å². The molecule has 0 aromatic heterocycles. The van der Waals surface area contributed by atoms with Crippen LogP contribution in [0.5, 0.6) is 0 Å². The van der Waals surface area contributed by atoms with E-state index in [0.29, 0.717) is 12.1 Å². The Morgan fingerprint density at radius 3 is 2.57 bits per heavy atom. The Morgan fingerprint density at radius 2 is 1.95 bits per heavy atom. The fourth-order valence-electron chi connectivity index (χ4n) is 3.76. The number of carbonyl (C=O) groups excluding carboxylic acids is 1. The van der Waals surface area contributed by atoms with E-state index in [0.717, 1.165) is 32.0 Å². The number of carbonyl (C=O) groups is 1. The molecule has 2 aliphatic rings. The van der Waals surface area contributed by atoms with Gasteiger partial charge in [0.25, 0.3) is 0 Å². The van der Waals surface area contributed by atoms with Crippen molar-refractivity contribution in [2.75, 3.05) is 26.7 Å². The van der Waals surface area contributed by atoms with Crippen LogP contribution in [0.4, 0.5) is 0 Å². The minimum absolute atomic E-state index is 0.0232. The number of nitrogens with one attached hydrogen (secondary N) is 1. The fourth-order valence-corrected chi connectivity index (χ4v) is 3.76. The third kappa shape index (κ3) is 4.96. The highest BCUT2D eigenvalue weighted by atomic mass is 16.5. The van der Waals surface area contributed by atoms with Gasteiger partial charge in [-0.1, -0.05) is 19.3 Å². The number of piperidine rings is 1. The summed E-state index contributed by atoms with van der Waals surface area (Å²) in [4.78, 5) is 14.3. The molecule has 2 atom stereocenters. The molecule has 1 N–H and O–H groups in total. The molecule has 4 nitrogen and oxygen atoms in total. The van der Waals surface area contributed by atoms with E-state index < -0.39 is 0 Å². The van der Waals surface area contributed by atoms with Crippen molar-refractivity contribution >= 4 is 5.97 Å². The van der Waals surface area contributed by atoms with Crippen molar-refractivity contribution < 1.29 is 9.53 Å². The molecule has 122 valence electrons. The van der Waals surface area contributed by atoms with Gasteiger partial charge in [0.2, 0.25) is 0 Å². The average molecular weight is 296 g/mol. The minimum Gasteiger partial charge on any atom is -0.469 e. The first-order valence-electron chi connectivity index (χ1n) is 8.65. The SMILES string of the molecule is COC(=O)C1CC(NCC2CCCCC2)CN(C(C)C)C1. The van der Waals surface area contributed by atoms with Crippen LogP contribution in [0.1, 0.15) is 52.4 Å². The first kappa shape index (κ1) is 16.8. The Kier molecular flexibility index (Phi) is 6.49. The van der Waals surface area contributed by atoms with Gasteiger partial charge in [0.05, 0.1) is 13.0 Å². The number of esters is 1. The molecule has 2 fully saturated rings. The average Bonchev–Trinajstić information content (AvgIpc) is 2.52. The van der Waals surface area contributed by atoms with Gasteiger partial charge < -0.3 is 10.1 Å². The fraction of sp³-hybridized carbons (Fsp3) is 0.941. The second kappa shape index (κ2) is 8.14. The molecule has 0 aromatic rings. The number of ether oxygens (including phenoxy) is 1. The molecule has 1 aliphatic heterocycles. The first-order valence-corrected chi connectivity index (χ1v) is 8.65. The van der Waals surface area contributed by atoms with Crippen molar-refractivity contribution in [2.45, 2.75) is 64.5 Å². The van der Waals surface area contributed by atoms with Crippen LogP contribution in [-0.2, 0) is 9.53 Å². The number of hydrogen-bond acceptors (Lipinski definition) is 4. The van der Waals surface area contributed by atoms with E-state index in [1.807, 2.05) is 0 Å². The van der Waals surface area contributed by atoms with Crippen LogP contribution in [-0.4, -0.2) is 49.7 Å². The lowest BCUT2D eigenvalue weighted by Gasteiger charge is -2.39. The smallest absolute Gasteiger partial charge is 0.310 e. The molecule has 0 spiro atoms. The molecule has 1 heterocycles. The lowest BCUT2D eigenvalue weighted by Crippen LogP contribution is -2.53. The molecule has 2 unspecified atom stereocenters. The number of nitrogens with zero attached hydrogens (tertiary/aromatic N) is 1. The summed E-state index contributed by atoms with van der Waals surface area (Å²) in [6, 6.07) is 0.906. The Hall–Kier alpha value is -0.610. The molecule has 21 heavy (non-hydrogen) atoms. The number of rotatable bonds is 5. The number of methoxy groups -OCH3 is 1. The van der Waals surface area contributed by atoms with Gasteiger partial charge in [-0.2, -0.15) is 0 Å². The van der Waals surface area contributed by atoms with Crippen LogP contribution in [0.3, 0.4) is 0 Å². The summed E-state index contributed by atoms with van der Waals surface area (Å²) < 4.78 is 4.97. The van der Waals surface area contributed by atoms with Crippen LogP contribution in [0.15, 0.2) is 0 Å². The highest BCUT2D eigenvalue weighted by Gasteiger charge is 2.33. The van der Waals surface area contributed by atoms with Gasteiger partial charge in [-0.05, 0) is 45.6 Å². The molecule has 1 saturated carbocycles. The van der Waals surface area contributed by atoms with Crippen molar-refractivity contribution in [3.63, 3.8) is 0 Å². The summed E-state index contributed by atoms with van der Waals surface area (Å²) in [6.07, 6.45) is 7.84. The van der Waals surface area contributed by atoms with Gasteiger partial charge in [-0.25, -0.2) is 0 Å². The molecule has 2 rings (SSSR count). The zero-order chi connectivity index (χ0) is 15.2. The topological polar surface area (TPSA) is 41.6 Å². The van der Waals surface area contributed by atoms with Crippen LogP contribution < -0.4 is 5.32 Å². The highest BCUT2D eigenvalue weighted by Crippen LogP contribution is 2.24. The third-order valence-corrected chi connectivity index (χ3v) is 5.16. The van der Waals surface area contributed by atoms with Crippen molar-refractivity contribution in [2.24, 2.45) is 11.8 Å². The van der Waals surface area contributed by atoms with E-state index in [4.69, 9.17) is 4.74 Å². The van der Waals surface area contributed by atoms with Gasteiger partial charge in [0, 0.05) is 25.2 Å². The summed E-state index contributed by atoms with van der Waals surface area (Å²) in [6.45, 7) is 7.42. The van der Waals surface area contributed by atoms with Gasteiger partial charge in [0.1, 0.15) is 0 Å². The summed E-state index contributed by atoms with van der Waals surface area (Å²) in [7, 11) is 1.50. The maximum atomic E-state index is 11.9.